The number of nitrogens with two attached hydrogens (primary N) is 1. The standard InChI is InChI=1S/C24H29F4N3O3/c1-23(2,3)34-22(32)30-13-15-7-6-12-31(14-15)21-17(29)10-11-19(20(21)24(26,27)28)33-18-9-5-4-8-16(18)25/h4-5,8-11,15H,6-7,12-14,29H2,1-3H3,(H,30,32)/t15-/m0/s1. The van der Waals surface area contributed by atoms with Crippen molar-refractivity contribution in [3.05, 3.63) is 47.8 Å². The fourth-order valence-corrected chi connectivity index (χ4v) is 3.91. The highest BCUT2D eigenvalue weighted by molar-refractivity contribution is 5.76. The highest BCUT2D eigenvalue weighted by Gasteiger charge is 2.41. The van der Waals surface area contributed by atoms with Crippen molar-refractivity contribution < 1.29 is 31.8 Å². The van der Waals surface area contributed by atoms with Gasteiger partial charge in [-0.05, 0) is 63.8 Å². The molecule has 1 aliphatic heterocycles. The maximum absolute atomic E-state index is 14.2. The number of carbonyl (C=O) groups excluding carboxylic acids is 1. The fraction of sp³-hybridized carbons (Fsp3) is 0.458. The van der Waals surface area contributed by atoms with Gasteiger partial charge in [0.25, 0.3) is 0 Å². The molecule has 2 aromatic rings. The van der Waals surface area contributed by atoms with Gasteiger partial charge in [0, 0.05) is 19.6 Å². The molecule has 3 rings (SSSR count). The van der Waals surface area contributed by atoms with E-state index < -0.39 is 35.0 Å². The van der Waals surface area contributed by atoms with E-state index in [0.717, 1.165) is 18.6 Å². The zero-order chi connectivity index (χ0) is 25.1. The third kappa shape index (κ3) is 6.45. The average Bonchev–Trinajstić information content (AvgIpc) is 2.73. The summed E-state index contributed by atoms with van der Waals surface area (Å²) in [4.78, 5) is 13.5. The number of piperidine rings is 1. The van der Waals surface area contributed by atoms with Gasteiger partial charge in [-0.1, -0.05) is 12.1 Å². The van der Waals surface area contributed by atoms with Gasteiger partial charge in [0.1, 0.15) is 16.9 Å². The van der Waals surface area contributed by atoms with Crippen LogP contribution in [0.4, 0.5) is 33.7 Å². The molecule has 1 fully saturated rings. The Bertz CT molecular complexity index is 1020. The Labute approximate surface area is 196 Å². The van der Waals surface area contributed by atoms with Crippen LogP contribution in [0.25, 0.3) is 0 Å². The minimum Gasteiger partial charge on any atom is -0.454 e. The molecule has 0 aromatic heterocycles. The lowest BCUT2D eigenvalue weighted by Crippen LogP contribution is -2.43. The molecule has 2 aromatic carbocycles. The molecule has 0 radical (unpaired) electrons. The number of anilines is 2. The number of hydrogen-bond donors (Lipinski definition) is 2. The van der Waals surface area contributed by atoms with Crippen molar-refractivity contribution in [2.45, 2.75) is 45.4 Å². The first kappa shape index (κ1) is 25.5. The van der Waals surface area contributed by atoms with Crippen molar-refractivity contribution >= 4 is 17.5 Å². The van der Waals surface area contributed by atoms with Crippen LogP contribution in [0.5, 0.6) is 11.5 Å². The van der Waals surface area contributed by atoms with Gasteiger partial charge in [-0.25, -0.2) is 9.18 Å². The molecule has 186 valence electrons. The number of nitrogens with one attached hydrogen (secondary N) is 1. The zero-order valence-electron chi connectivity index (χ0n) is 19.3. The maximum Gasteiger partial charge on any atom is 0.422 e. The highest BCUT2D eigenvalue weighted by Crippen LogP contribution is 2.47. The predicted octanol–water partition coefficient (Wildman–Crippen LogP) is 5.96. The monoisotopic (exact) mass is 483 g/mol. The molecule has 0 aliphatic carbocycles. The van der Waals surface area contributed by atoms with Gasteiger partial charge < -0.3 is 25.4 Å². The number of rotatable bonds is 5. The molecule has 1 atom stereocenters. The lowest BCUT2D eigenvalue weighted by Gasteiger charge is -2.37. The van der Waals surface area contributed by atoms with E-state index in [9.17, 15) is 22.4 Å². The van der Waals surface area contributed by atoms with E-state index in [-0.39, 0.29) is 36.1 Å². The number of hydrogen-bond acceptors (Lipinski definition) is 5. The van der Waals surface area contributed by atoms with E-state index in [2.05, 4.69) is 5.32 Å². The van der Waals surface area contributed by atoms with Crippen LogP contribution >= 0.6 is 0 Å². The molecule has 3 N–H and O–H groups in total. The number of halogens is 4. The van der Waals surface area contributed by atoms with E-state index in [1.807, 2.05) is 0 Å². The van der Waals surface area contributed by atoms with Gasteiger partial charge in [-0.3, -0.25) is 0 Å². The lowest BCUT2D eigenvalue weighted by molar-refractivity contribution is -0.138. The van der Waals surface area contributed by atoms with E-state index in [1.165, 1.54) is 24.3 Å². The summed E-state index contributed by atoms with van der Waals surface area (Å²) in [6, 6.07) is 7.67. The van der Waals surface area contributed by atoms with Gasteiger partial charge in [0.05, 0.1) is 11.4 Å². The topological polar surface area (TPSA) is 76.8 Å². The first-order valence-electron chi connectivity index (χ1n) is 11.0. The third-order valence-corrected chi connectivity index (χ3v) is 5.28. The first-order chi connectivity index (χ1) is 15.8. The minimum absolute atomic E-state index is 0.0611. The Morgan fingerprint density at radius 1 is 1.15 bits per heavy atom. The number of nitrogens with zero attached hydrogens (tertiary/aromatic N) is 1. The van der Waals surface area contributed by atoms with Crippen LogP contribution in [-0.2, 0) is 10.9 Å². The summed E-state index contributed by atoms with van der Waals surface area (Å²) in [7, 11) is 0. The molecule has 0 bridgehead atoms. The van der Waals surface area contributed by atoms with Crippen molar-refractivity contribution in [2.75, 3.05) is 30.3 Å². The second kappa shape index (κ2) is 9.99. The molecule has 0 spiro atoms. The third-order valence-electron chi connectivity index (χ3n) is 5.28. The Kier molecular flexibility index (Phi) is 7.48. The quantitative estimate of drug-likeness (QED) is 0.405. The summed E-state index contributed by atoms with van der Waals surface area (Å²) in [6.45, 7) is 6.07. The Balaban J connectivity index is 1.86. The van der Waals surface area contributed by atoms with E-state index >= 15 is 0 Å². The molecule has 0 saturated carbocycles. The summed E-state index contributed by atoms with van der Waals surface area (Å²) in [5, 5.41) is 2.68. The summed E-state index contributed by atoms with van der Waals surface area (Å²) in [5.41, 5.74) is 4.04. The lowest BCUT2D eigenvalue weighted by atomic mass is 9.96. The van der Waals surface area contributed by atoms with Crippen molar-refractivity contribution in [1.29, 1.82) is 0 Å². The van der Waals surface area contributed by atoms with Crippen LogP contribution in [-0.4, -0.2) is 31.3 Å². The second-order valence-corrected chi connectivity index (χ2v) is 9.24. The number of amides is 1. The summed E-state index contributed by atoms with van der Waals surface area (Å²) in [5.74, 6) is -1.74. The first-order valence-corrected chi connectivity index (χ1v) is 11.0. The van der Waals surface area contributed by atoms with Crippen molar-refractivity contribution in [3.63, 3.8) is 0 Å². The number of ether oxygens (including phenoxy) is 2. The largest absolute Gasteiger partial charge is 0.454 e. The number of para-hydroxylation sites is 1. The van der Waals surface area contributed by atoms with Crippen molar-refractivity contribution in [3.8, 4) is 11.5 Å². The zero-order valence-corrected chi connectivity index (χ0v) is 19.3. The molecule has 1 saturated heterocycles. The SMILES string of the molecule is CC(C)(C)OC(=O)NC[C@@H]1CCCN(c2c(N)ccc(Oc3ccccc3F)c2C(F)(F)F)C1. The van der Waals surface area contributed by atoms with Crippen LogP contribution < -0.4 is 20.7 Å². The van der Waals surface area contributed by atoms with Gasteiger partial charge in [0.15, 0.2) is 11.6 Å². The molecular formula is C24H29F4N3O3. The van der Waals surface area contributed by atoms with Crippen LogP contribution in [0.1, 0.15) is 39.2 Å². The van der Waals surface area contributed by atoms with E-state index in [1.54, 1.807) is 25.7 Å². The van der Waals surface area contributed by atoms with Crippen molar-refractivity contribution in [2.24, 2.45) is 5.92 Å². The molecular weight excluding hydrogens is 454 g/mol. The van der Waals surface area contributed by atoms with E-state index in [4.69, 9.17) is 15.2 Å². The smallest absolute Gasteiger partial charge is 0.422 e. The van der Waals surface area contributed by atoms with Crippen LogP contribution in [0, 0.1) is 11.7 Å². The molecule has 10 heteroatoms. The molecule has 34 heavy (non-hydrogen) atoms. The normalized spacial score (nSPS) is 16.8. The summed E-state index contributed by atoms with van der Waals surface area (Å²) < 4.78 is 67.3. The number of nitrogen functional groups attached to an aromatic ring is 1. The van der Waals surface area contributed by atoms with Gasteiger partial charge in [-0.2, -0.15) is 13.2 Å². The van der Waals surface area contributed by atoms with Crippen LogP contribution in [0.15, 0.2) is 36.4 Å². The number of benzene rings is 2. The molecule has 1 heterocycles. The van der Waals surface area contributed by atoms with Gasteiger partial charge in [0.2, 0.25) is 0 Å². The van der Waals surface area contributed by atoms with Gasteiger partial charge in [-0.15, -0.1) is 0 Å². The minimum atomic E-state index is -4.80. The van der Waals surface area contributed by atoms with Gasteiger partial charge >= 0.3 is 12.3 Å². The average molecular weight is 484 g/mol. The highest BCUT2D eigenvalue weighted by atomic mass is 19.4. The predicted molar refractivity (Wildman–Crippen MR) is 122 cm³/mol. The maximum atomic E-state index is 14.2. The number of alkyl carbamates (subject to hydrolysis) is 1. The van der Waals surface area contributed by atoms with Crippen LogP contribution in [0.2, 0.25) is 0 Å². The van der Waals surface area contributed by atoms with Crippen molar-refractivity contribution in [1.82, 2.24) is 5.32 Å². The Hall–Kier alpha value is -3.17. The Morgan fingerprint density at radius 3 is 2.50 bits per heavy atom. The summed E-state index contributed by atoms with van der Waals surface area (Å²) >= 11 is 0. The molecule has 1 amide bonds. The number of alkyl halides is 3. The molecule has 0 unspecified atom stereocenters. The second-order valence-electron chi connectivity index (χ2n) is 9.24. The number of carbonyl (C=O) groups is 1. The molecule has 1 aliphatic rings. The fourth-order valence-electron chi connectivity index (χ4n) is 3.91. The molecule has 6 nitrogen and oxygen atoms in total. The van der Waals surface area contributed by atoms with Crippen LogP contribution in [0.3, 0.4) is 0 Å². The Morgan fingerprint density at radius 2 is 1.85 bits per heavy atom. The summed E-state index contributed by atoms with van der Waals surface area (Å²) in [6.07, 6.45) is -4.05. The van der Waals surface area contributed by atoms with E-state index in [0.29, 0.717) is 13.0 Å².